The van der Waals surface area contributed by atoms with Gasteiger partial charge in [-0.1, -0.05) is 13.0 Å². The summed E-state index contributed by atoms with van der Waals surface area (Å²) in [4.78, 5) is 3.93. The van der Waals surface area contributed by atoms with Gasteiger partial charge in [0.15, 0.2) is 0 Å². The van der Waals surface area contributed by atoms with Gasteiger partial charge in [-0.15, -0.1) is 11.3 Å². The molecular formula is C16H28N2OS. The van der Waals surface area contributed by atoms with E-state index in [4.69, 9.17) is 10.5 Å². The molecule has 0 radical (unpaired) electrons. The molecule has 20 heavy (non-hydrogen) atoms. The van der Waals surface area contributed by atoms with Crippen LogP contribution in [0.15, 0.2) is 17.5 Å². The van der Waals surface area contributed by atoms with E-state index in [0.29, 0.717) is 6.54 Å². The third-order valence-electron chi connectivity index (χ3n) is 4.93. The number of likely N-dealkylation sites (N-methyl/N-ethyl adjacent to an activating group) is 1. The molecule has 1 fully saturated rings. The quantitative estimate of drug-likeness (QED) is 0.877. The van der Waals surface area contributed by atoms with Crippen molar-refractivity contribution in [1.29, 1.82) is 0 Å². The monoisotopic (exact) mass is 296 g/mol. The molecular weight excluding hydrogens is 268 g/mol. The van der Waals surface area contributed by atoms with Crippen LogP contribution < -0.4 is 5.73 Å². The highest BCUT2D eigenvalue weighted by atomic mass is 32.1. The molecule has 1 aliphatic rings. The van der Waals surface area contributed by atoms with Crippen molar-refractivity contribution in [3.8, 4) is 0 Å². The Morgan fingerprint density at radius 1 is 1.50 bits per heavy atom. The summed E-state index contributed by atoms with van der Waals surface area (Å²) in [7, 11) is 2.22. The van der Waals surface area contributed by atoms with E-state index in [0.717, 1.165) is 38.8 Å². The van der Waals surface area contributed by atoms with Gasteiger partial charge in [0.1, 0.15) is 0 Å². The van der Waals surface area contributed by atoms with Crippen LogP contribution in [0.25, 0.3) is 0 Å². The number of thiophene rings is 1. The van der Waals surface area contributed by atoms with Crippen LogP contribution in [0.3, 0.4) is 0 Å². The lowest BCUT2D eigenvalue weighted by molar-refractivity contribution is -0.124. The van der Waals surface area contributed by atoms with E-state index in [1.54, 1.807) is 0 Å². The second-order valence-electron chi connectivity index (χ2n) is 6.26. The van der Waals surface area contributed by atoms with Gasteiger partial charge in [0, 0.05) is 30.1 Å². The Kier molecular flexibility index (Phi) is 5.24. The average Bonchev–Trinajstić information content (AvgIpc) is 2.98. The summed E-state index contributed by atoms with van der Waals surface area (Å²) in [5, 5.41) is 2.15. The summed E-state index contributed by atoms with van der Waals surface area (Å²) in [6.07, 6.45) is 4.24. The zero-order chi connectivity index (χ0) is 14.6. The molecule has 1 aromatic heterocycles. The van der Waals surface area contributed by atoms with E-state index in [1.807, 2.05) is 11.3 Å². The Morgan fingerprint density at radius 2 is 2.30 bits per heavy atom. The summed E-state index contributed by atoms with van der Waals surface area (Å²) in [5.74, 6) is 0. The maximum absolute atomic E-state index is 6.17. The Balaban J connectivity index is 2.01. The van der Waals surface area contributed by atoms with E-state index >= 15 is 0 Å². The lowest BCUT2D eigenvalue weighted by Gasteiger charge is -2.50. The van der Waals surface area contributed by atoms with Gasteiger partial charge in [-0.25, -0.2) is 0 Å². The van der Waals surface area contributed by atoms with Gasteiger partial charge in [0.25, 0.3) is 0 Å². The molecule has 2 rings (SSSR count). The zero-order valence-electron chi connectivity index (χ0n) is 13.0. The van der Waals surface area contributed by atoms with E-state index in [9.17, 15) is 0 Å². The number of hydrogen-bond donors (Lipinski definition) is 1. The molecule has 2 heterocycles. The van der Waals surface area contributed by atoms with Crippen LogP contribution in [0.2, 0.25) is 0 Å². The zero-order valence-corrected chi connectivity index (χ0v) is 13.8. The number of nitrogens with zero attached hydrogens (tertiary/aromatic N) is 1. The molecule has 0 spiro atoms. The number of ether oxygens (including phenoxy) is 1. The largest absolute Gasteiger partial charge is 0.375 e. The van der Waals surface area contributed by atoms with Crippen molar-refractivity contribution in [3.63, 3.8) is 0 Å². The van der Waals surface area contributed by atoms with Crippen LogP contribution in [0, 0.1) is 0 Å². The van der Waals surface area contributed by atoms with Gasteiger partial charge < -0.3 is 10.5 Å². The minimum Gasteiger partial charge on any atom is -0.375 e. The fourth-order valence-corrected chi connectivity index (χ4v) is 3.87. The molecule has 2 atom stereocenters. The highest BCUT2D eigenvalue weighted by Gasteiger charge is 2.43. The standard InChI is InChI=1S/C16H28N2OS/c1-4-15(2)12-16(13-17,8-10-19-15)18(3)9-7-14-6-5-11-20-14/h5-6,11H,4,7-10,12-13,17H2,1-3H3. The lowest BCUT2D eigenvalue weighted by Crippen LogP contribution is -2.60. The van der Waals surface area contributed by atoms with Crippen LogP contribution in [0.4, 0.5) is 0 Å². The summed E-state index contributed by atoms with van der Waals surface area (Å²) in [5.41, 5.74) is 6.25. The second kappa shape index (κ2) is 6.56. The number of hydrogen-bond acceptors (Lipinski definition) is 4. The van der Waals surface area contributed by atoms with Gasteiger partial charge in [-0.3, -0.25) is 4.90 Å². The van der Waals surface area contributed by atoms with Crippen molar-refractivity contribution in [2.24, 2.45) is 5.73 Å². The van der Waals surface area contributed by atoms with Crippen molar-refractivity contribution >= 4 is 11.3 Å². The molecule has 0 saturated carbocycles. The first-order chi connectivity index (χ1) is 9.53. The Hall–Kier alpha value is -0.420. The third kappa shape index (κ3) is 3.42. The molecule has 4 heteroatoms. The fraction of sp³-hybridized carbons (Fsp3) is 0.750. The topological polar surface area (TPSA) is 38.5 Å². The summed E-state index contributed by atoms with van der Waals surface area (Å²) in [6, 6.07) is 4.34. The van der Waals surface area contributed by atoms with Crippen LogP contribution in [0.5, 0.6) is 0 Å². The van der Waals surface area contributed by atoms with E-state index in [-0.39, 0.29) is 11.1 Å². The van der Waals surface area contributed by atoms with Crippen molar-refractivity contribution in [2.75, 3.05) is 26.7 Å². The molecule has 3 nitrogen and oxygen atoms in total. The predicted octanol–water partition coefficient (Wildman–Crippen LogP) is 2.90. The van der Waals surface area contributed by atoms with Gasteiger partial charge in [-0.2, -0.15) is 0 Å². The lowest BCUT2D eigenvalue weighted by atomic mass is 9.78. The van der Waals surface area contributed by atoms with Gasteiger partial charge >= 0.3 is 0 Å². The van der Waals surface area contributed by atoms with Gasteiger partial charge in [-0.05, 0) is 51.1 Å². The molecule has 0 amide bonds. The molecule has 2 unspecified atom stereocenters. The van der Waals surface area contributed by atoms with Gasteiger partial charge in [0.2, 0.25) is 0 Å². The second-order valence-corrected chi connectivity index (χ2v) is 7.29. The molecule has 1 aromatic rings. The van der Waals surface area contributed by atoms with E-state index in [1.165, 1.54) is 4.88 Å². The summed E-state index contributed by atoms with van der Waals surface area (Å²) in [6.45, 7) is 7.04. The van der Waals surface area contributed by atoms with Crippen molar-refractivity contribution in [2.45, 2.75) is 50.7 Å². The van der Waals surface area contributed by atoms with Crippen LogP contribution in [-0.4, -0.2) is 42.8 Å². The highest BCUT2D eigenvalue weighted by Crippen LogP contribution is 2.37. The van der Waals surface area contributed by atoms with Crippen LogP contribution >= 0.6 is 11.3 Å². The first-order valence-corrected chi connectivity index (χ1v) is 8.49. The van der Waals surface area contributed by atoms with Crippen molar-refractivity contribution < 1.29 is 4.74 Å². The predicted molar refractivity (Wildman–Crippen MR) is 86.3 cm³/mol. The summed E-state index contributed by atoms with van der Waals surface area (Å²) >= 11 is 1.84. The maximum atomic E-state index is 6.17. The number of nitrogens with two attached hydrogens (primary N) is 1. The van der Waals surface area contributed by atoms with Crippen molar-refractivity contribution in [1.82, 2.24) is 4.90 Å². The molecule has 1 saturated heterocycles. The molecule has 114 valence electrons. The molecule has 2 N–H and O–H groups in total. The van der Waals surface area contributed by atoms with E-state index < -0.39 is 0 Å². The number of rotatable bonds is 6. The normalized spacial score (nSPS) is 30.9. The van der Waals surface area contributed by atoms with Crippen LogP contribution in [-0.2, 0) is 11.2 Å². The third-order valence-corrected chi connectivity index (χ3v) is 5.87. The molecule has 0 aliphatic carbocycles. The smallest absolute Gasteiger partial charge is 0.0670 e. The van der Waals surface area contributed by atoms with E-state index in [2.05, 4.69) is 43.3 Å². The molecule has 0 aromatic carbocycles. The minimum absolute atomic E-state index is 0.0190. The first-order valence-electron chi connectivity index (χ1n) is 7.61. The first kappa shape index (κ1) is 16.0. The van der Waals surface area contributed by atoms with Crippen LogP contribution in [0.1, 0.15) is 38.0 Å². The Bertz CT molecular complexity index is 409. The maximum Gasteiger partial charge on any atom is 0.0670 e. The molecule has 0 bridgehead atoms. The Labute approximate surface area is 127 Å². The highest BCUT2D eigenvalue weighted by molar-refractivity contribution is 7.09. The van der Waals surface area contributed by atoms with Gasteiger partial charge in [0.05, 0.1) is 5.60 Å². The summed E-state index contributed by atoms with van der Waals surface area (Å²) < 4.78 is 5.99. The average molecular weight is 296 g/mol. The Morgan fingerprint density at radius 3 is 2.90 bits per heavy atom. The minimum atomic E-state index is -0.0190. The van der Waals surface area contributed by atoms with Crippen molar-refractivity contribution in [3.05, 3.63) is 22.4 Å². The molecule has 1 aliphatic heterocycles. The fourth-order valence-electron chi connectivity index (χ4n) is 3.18. The SMILES string of the molecule is CCC1(C)CC(CN)(N(C)CCc2cccs2)CCO1.